The molecule has 5 rings (SSSR count). The molecule has 3 heterocycles. The largest absolute Gasteiger partial charge is 0.463 e. The van der Waals surface area contributed by atoms with Gasteiger partial charge in [0.15, 0.2) is 16.3 Å². The average molecular weight is 466 g/mol. The molecule has 168 valence electrons. The summed E-state index contributed by atoms with van der Waals surface area (Å²) in [5.74, 6) is 0.0884. The van der Waals surface area contributed by atoms with Gasteiger partial charge in [0.25, 0.3) is 5.56 Å². The third-order valence-electron chi connectivity index (χ3n) is 5.41. The summed E-state index contributed by atoms with van der Waals surface area (Å²) in [4.78, 5) is 31.2. The second kappa shape index (κ2) is 8.32. The number of nitrogens with zero attached hydrogens (tertiary/aromatic N) is 2. The van der Waals surface area contributed by atoms with Crippen molar-refractivity contribution in [2.24, 2.45) is 4.99 Å². The van der Waals surface area contributed by atoms with E-state index < -0.39 is 17.8 Å². The van der Waals surface area contributed by atoms with Crippen molar-refractivity contribution in [3.63, 3.8) is 0 Å². The lowest BCUT2D eigenvalue weighted by atomic mass is 9.95. The Labute approximate surface area is 191 Å². The number of fused-ring (bicyclic) bond motifs is 2. The summed E-state index contributed by atoms with van der Waals surface area (Å²) in [6, 6.07) is 10.5. The van der Waals surface area contributed by atoms with E-state index in [1.54, 1.807) is 50.3 Å². The zero-order valence-corrected chi connectivity index (χ0v) is 18.6. The molecule has 0 unspecified atom stereocenters. The predicted molar refractivity (Wildman–Crippen MR) is 119 cm³/mol. The predicted octanol–water partition coefficient (Wildman–Crippen LogP) is 2.67. The van der Waals surface area contributed by atoms with Gasteiger partial charge >= 0.3 is 5.97 Å². The third-order valence-corrected chi connectivity index (χ3v) is 6.39. The Morgan fingerprint density at radius 1 is 1.27 bits per heavy atom. The molecule has 0 saturated heterocycles. The molecule has 1 atom stereocenters. The van der Waals surface area contributed by atoms with E-state index in [-0.39, 0.29) is 30.1 Å². The Hall–Kier alpha value is -3.72. The maximum atomic E-state index is 14.9. The molecule has 0 N–H and O–H groups in total. The molecule has 0 bridgehead atoms. The molecular formula is C24H19FN2O5S. The van der Waals surface area contributed by atoms with Gasteiger partial charge in [0.05, 0.1) is 22.4 Å². The van der Waals surface area contributed by atoms with Crippen molar-refractivity contribution in [1.82, 2.24) is 4.57 Å². The fraction of sp³-hybridized carbons (Fsp3) is 0.208. The first kappa shape index (κ1) is 21.1. The van der Waals surface area contributed by atoms with Gasteiger partial charge in [-0.1, -0.05) is 35.6 Å². The molecule has 9 heteroatoms. The first-order valence-corrected chi connectivity index (χ1v) is 11.1. The van der Waals surface area contributed by atoms with E-state index in [2.05, 4.69) is 4.99 Å². The van der Waals surface area contributed by atoms with Gasteiger partial charge in [-0.25, -0.2) is 14.2 Å². The molecular weight excluding hydrogens is 447 g/mol. The Bertz CT molecular complexity index is 1490. The van der Waals surface area contributed by atoms with Crippen molar-refractivity contribution in [2.75, 3.05) is 13.4 Å². The molecule has 33 heavy (non-hydrogen) atoms. The molecule has 2 aliphatic heterocycles. The van der Waals surface area contributed by atoms with Crippen LogP contribution in [0.3, 0.4) is 0 Å². The number of carbonyl (C=O) groups excluding carboxylic acids is 1. The van der Waals surface area contributed by atoms with Gasteiger partial charge in [0.1, 0.15) is 11.9 Å². The van der Waals surface area contributed by atoms with Gasteiger partial charge < -0.3 is 14.2 Å². The second-order valence-corrected chi connectivity index (χ2v) is 8.45. The van der Waals surface area contributed by atoms with Crippen molar-refractivity contribution in [1.29, 1.82) is 0 Å². The second-order valence-electron chi connectivity index (χ2n) is 7.44. The van der Waals surface area contributed by atoms with Crippen LogP contribution >= 0.6 is 11.3 Å². The van der Waals surface area contributed by atoms with E-state index in [1.165, 1.54) is 22.0 Å². The number of benzene rings is 2. The van der Waals surface area contributed by atoms with Gasteiger partial charge in [-0.15, -0.1) is 0 Å². The number of aromatic nitrogens is 1. The summed E-state index contributed by atoms with van der Waals surface area (Å²) in [7, 11) is 0. The van der Waals surface area contributed by atoms with Gasteiger partial charge in [0, 0.05) is 5.56 Å². The van der Waals surface area contributed by atoms with Crippen LogP contribution in [0.1, 0.15) is 31.0 Å². The van der Waals surface area contributed by atoms with Crippen LogP contribution in [0, 0.1) is 5.82 Å². The van der Waals surface area contributed by atoms with Gasteiger partial charge in [-0.2, -0.15) is 0 Å². The maximum absolute atomic E-state index is 14.9. The highest BCUT2D eigenvalue weighted by molar-refractivity contribution is 7.07. The first-order valence-electron chi connectivity index (χ1n) is 10.3. The van der Waals surface area contributed by atoms with Crippen LogP contribution in [0.2, 0.25) is 0 Å². The summed E-state index contributed by atoms with van der Waals surface area (Å²) >= 11 is 1.17. The minimum atomic E-state index is -0.986. The number of esters is 1. The van der Waals surface area contributed by atoms with Crippen LogP contribution in [0.4, 0.5) is 4.39 Å². The molecule has 7 nitrogen and oxygen atoms in total. The summed E-state index contributed by atoms with van der Waals surface area (Å²) in [6.45, 7) is 3.65. The lowest BCUT2D eigenvalue weighted by molar-refractivity contribution is -0.139. The number of halogens is 1. The van der Waals surface area contributed by atoms with Crippen molar-refractivity contribution < 1.29 is 23.4 Å². The molecule has 0 amide bonds. The van der Waals surface area contributed by atoms with E-state index in [4.69, 9.17) is 14.2 Å². The van der Waals surface area contributed by atoms with E-state index in [0.29, 0.717) is 26.5 Å². The van der Waals surface area contributed by atoms with Gasteiger partial charge in [0.2, 0.25) is 6.79 Å². The van der Waals surface area contributed by atoms with E-state index in [9.17, 15) is 14.0 Å². The quantitative estimate of drug-likeness (QED) is 0.553. The van der Waals surface area contributed by atoms with Crippen LogP contribution in [0.5, 0.6) is 11.5 Å². The Kier molecular flexibility index (Phi) is 5.33. The molecule has 3 aromatic rings. The highest BCUT2D eigenvalue weighted by Crippen LogP contribution is 2.33. The van der Waals surface area contributed by atoms with Crippen molar-refractivity contribution in [3.05, 3.63) is 90.4 Å². The molecule has 0 spiro atoms. The molecule has 2 aliphatic rings. The molecule has 1 aromatic heterocycles. The van der Waals surface area contributed by atoms with Gasteiger partial charge in [-0.05, 0) is 43.7 Å². The zero-order valence-electron chi connectivity index (χ0n) is 17.8. The van der Waals surface area contributed by atoms with Crippen molar-refractivity contribution >= 4 is 23.4 Å². The first-order chi connectivity index (χ1) is 16.0. The fourth-order valence-electron chi connectivity index (χ4n) is 3.94. The van der Waals surface area contributed by atoms with E-state index >= 15 is 0 Å². The molecule has 0 radical (unpaired) electrons. The van der Waals surface area contributed by atoms with Gasteiger partial charge in [-0.3, -0.25) is 9.36 Å². The number of hydrogen-bond donors (Lipinski definition) is 0. The van der Waals surface area contributed by atoms with Crippen LogP contribution in [0.15, 0.2) is 63.5 Å². The highest BCUT2D eigenvalue weighted by Gasteiger charge is 2.34. The summed E-state index contributed by atoms with van der Waals surface area (Å²) in [6.07, 6.45) is 1.72. The lowest BCUT2D eigenvalue weighted by Gasteiger charge is -2.24. The fourth-order valence-corrected chi connectivity index (χ4v) is 4.98. The normalized spacial score (nSPS) is 17.1. The molecule has 0 saturated carbocycles. The van der Waals surface area contributed by atoms with Crippen LogP contribution in [0.25, 0.3) is 6.08 Å². The lowest BCUT2D eigenvalue weighted by Crippen LogP contribution is -2.40. The van der Waals surface area contributed by atoms with Crippen molar-refractivity contribution in [2.45, 2.75) is 19.9 Å². The Morgan fingerprint density at radius 2 is 2.06 bits per heavy atom. The highest BCUT2D eigenvalue weighted by atomic mass is 32.1. The number of ether oxygens (including phenoxy) is 3. The van der Waals surface area contributed by atoms with Crippen LogP contribution < -0.4 is 24.4 Å². The zero-order chi connectivity index (χ0) is 23.1. The molecule has 0 aliphatic carbocycles. The number of allylic oxidation sites excluding steroid dienone is 1. The SMILES string of the molecule is CCOC(=O)C1=C(C)N=c2s/c(=C\c3ccc4c(c3)OCO4)c(=O)n2[C@H]1c1ccccc1F. The Morgan fingerprint density at radius 3 is 2.85 bits per heavy atom. The number of hydrogen-bond acceptors (Lipinski definition) is 7. The average Bonchev–Trinajstić information content (AvgIpc) is 3.37. The minimum Gasteiger partial charge on any atom is -0.463 e. The standard InChI is InChI=1S/C24H19FN2O5S/c1-3-30-23(29)20-13(2)26-24-27(21(20)15-6-4-5-7-16(15)25)22(28)19(33-24)11-14-8-9-17-18(10-14)32-12-31-17/h4-11,21H,3,12H2,1-2H3/b19-11-/t21-/m0/s1. The van der Waals surface area contributed by atoms with E-state index in [1.807, 2.05) is 6.07 Å². The third kappa shape index (κ3) is 3.64. The maximum Gasteiger partial charge on any atom is 0.338 e. The number of thiazole rings is 1. The Balaban J connectivity index is 1.71. The minimum absolute atomic E-state index is 0.143. The number of rotatable bonds is 4. The molecule has 0 fully saturated rings. The topological polar surface area (TPSA) is 79.1 Å². The number of carbonyl (C=O) groups is 1. The monoisotopic (exact) mass is 466 g/mol. The smallest absolute Gasteiger partial charge is 0.338 e. The van der Waals surface area contributed by atoms with Crippen molar-refractivity contribution in [3.8, 4) is 11.5 Å². The van der Waals surface area contributed by atoms with Crippen LogP contribution in [-0.4, -0.2) is 23.9 Å². The molecule has 2 aromatic carbocycles. The summed E-state index contributed by atoms with van der Waals surface area (Å²) in [5, 5.41) is 0. The van der Waals surface area contributed by atoms with Crippen LogP contribution in [-0.2, 0) is 9.53 Å². The summed E-state index contributed by atoms with van der Waals surface area (Å²) in [5.41, 5.74) is 1.10. The van der Waals surface area contributed by atoms with E-state index in [0.717, 1.165) is 5.56 Å². The summed E-state index contributed by atoms with van der Waals surface area (Å²) < 4.78 is 32.6.